The molecule has 105 heavy (non-hydrogen) atoms. The standard InChI is InChI=1S/C47H29N5.C24H15N2.C23H14FN3/c48-30-33-28-35(24-25-36(33)41-29-40(31-14-4-1-5-15-31)49-47(50-41)32-16-6-2-7-17-32)52-42-22-12-10-20-37(42)38-26-27-44-45(46(38)52)39-21-11-13-23-43(39)51(44)34-18-8-3-9-19-34;1-2-8-16(9-3-1)26-21-13-7-5-11-19(21)23-22(26)15-14-18-17-10-4-6-12-20(17)25-24(18)23;24-19-11-12-20(18(13-19)15-25)22-14-21(16-7-3-1-4-8-16)26-23(27-22)17-9-5-2-6-10-17/h1-29H;1-4,6-15,25H;1-14H/q;+1;. The summed E-state index contributed by atoms with van der Waals surface area (Å²) >= 11 is 0. The van der Waals surface area contributed by atoms with E-state index in [1.807, 2.05) is 152 Å². The van der Waals surface area contributed by atoms with Crippen LogP contribution in [-0.2, 0) is 0 Å². The third-order valence-corrected chi connectivity index (χ3v) is 19.4. The van der Waals surface area contributed by atoms with E-state index in [1.54, 1.807) is 6.07 Å². The van der Waals surface area contributed by atoms with Crippen LogP contribution in [0.4, 0.5) is 4.39 Å². The largest absolute Gasteiger partial charge is 0.353 e. The van der Waals surface area contributed by atoms with Crippen molar-refractivity contribution in [2.75, 3.05) is 0 Å². The molecule has 1 N–H and O–H groups in total. The van der Waals surface area contributed by atoms with Gasteiger partial charge in [0.1, 0.15) is 23.5 Å². The van der Waals surface area contributed by atoms with Gasteiger partial charge < -0.3 is 14.1 Å². The molecule has 13 aromatic carbocycles. The van der Waals surface area contributed by atoms with Crippen molar-refractivity contribution in [3.63, 3.8) is 0 Å². The Morgan fingerprint density at radius 2 is 0.819 bits per heavy atom. The Labute approximate surface area is 603 Å². The van der Waals surface area contributed by atoms with Crippen molar-refractivity contribution in [2.24, 2.45) is 0 Å². The molecule has 19 aromatic rings. The zero-order valence-corrected chi connectivity index (χ0v) is 56.3. The summed E-state index contributed by atoms with van der Waals surface area (Å²) in [7, 11) is 0. The summed E-state index contributed by atoms with van der Waals surface area (Å²) in [5.41, 5.74) is 22.4. The van der Waals surface area contributed by atoms with E-state index >= 15 is 0 Å². The molecule has 11 heteroatoms. The highest BCUT2D eigenvalue weighted by Crippen LogP contribution is 2.44. The summed E-state index contributed by atoms with van der Waals surface area (Å²) in [5, 5.41) is 28.6. The second kappa shape index (κ2) is 26.7. The maximum absolute atomic E-state index is 13.6. The molecule has 0 atom stereocenters. The highest BCUT2D eigenvalue weighted by Gasteiger charge is 2.27. The van der Waals surface area contributed by atoms with Crippen LogP contribution < -0.4 is 0 Å². The minimum absolute atomic E-state index is 0.242. The van der Waals surface area contributed by atoms with Crippen LogP contribution in [0.1, 0.15) is 22.4 Å². The molecule has 6 heterocycles. The lowest BCUT2D eigenvalue weighted by molar-refractivity contribution is 0.627. The van der Waals surface area contributed by atoms with Crippen LogP contribution in [0.2, 0.25) is 0 Å². The predicted molar refractivity (Wildman–Crippen MR) is 424 cm³/mol. The van der Waals surface area contributed by atoms with Gasteiger partial charge in [0.2, 0.25) is 0 Å². The number of hydrogen-bond acceptors (Lipinski definition) is 6. The summed E-state index contributed by atoms with van der Waals surface area (Å²) in [4.78, 5) is 23.0. The van der Waals surface area contributed by atoms with Crippen LogP contribution in [0.3, 0.4) is 0 Å². The van der Waals surface area contributed by atoms with Crippen LogP contribution in [-0.4, -0.2) is 38.6 Å². The molecule has 490 valence electrons. The predicted octanol–water partition coefficient (Wildman–Crippen LogP) is 23.1. The number of fused-ring (bicyclic) bond motifs is 14. The van der Waals surface area contributed by atoms with E-state index in [-0.39, 0.29) is 5.56 Å². The van der Waals surface area contributed by atoms with Gasteiger partial charge >= 0.3 is 0 Å². The number of H-pyrrole nitrogens is 1. The number of rotatable bonds is 9. The van der Waals surface area contributed by atoms with Gasteiger partial charge in [0.15, 0.2) is 17.3 Å². The van der Waals surface area contributed by atoms with E-state index in [0.717, 1.165) is 83.4 Å². The SMILES string of the molecule is N#Cc1cc(-n2c3ccccc3c3ccc4c(c5ccccc5n4-c4ccccc4)c32)ccc1-c1cc(-c2ccccc2)nc(-c2ccccc2)n1.N#Cc1cc(F)ccc1-c1cc(-c2ccccc2)nc(-c2ccccc2)n1.[C+]1=Cc2c(n(-c3ccccc3)c3ccc4c5ccccc5[nH]c4c23)C=C1. The number of nitrogens with one attached hydrogen (secondary N) is 1. The number of benzene rings is 13. The first kappa shape index (κ1) is 62.5. The smallest absolute Gasteiger partial charge is 0.168 e. The average Bonchev–Trinajstić information content (AvgIpc) is 1.56. The third-order valence-electron chi connectivity index (χ3n) is 19.4. The second-order valence-corrected chi connectivity index (χ2v) is 25.6. The molecule has 0 spiro atoms. The number of hydrogen-bond donors (Lipinski definition) is 1. The van der Waals surface area contributed by atoms with Gasteiger partial charge in [0.05, 0.1) is 90.6 Å². The number of aromatic nitrogens is 8. The molecule has 20 rings (SSSR count). The number of halogens is 1. The molecule has 0 aliphatic heterocycles. The number of aromatic amines is 1. The summed E-state index contributed by atoms with van der Waals surface area (Å²) in [6, 6.07) is 114. The van der Waals surface area contributed by atoms with Crippen molar-refractivity contribution in [3.05, 3.63) is 368 Å². The number of nitriles is 2. The van der Waals surface area contributed by atoms with E-state index in [9.17, 15) is 14.9 Å². The zero-order valence-electron chi connectivity index (χ0n) is 56.3. The molecule has 0 radical (unpaired) electrons. The minimum Gasteiger partial charge on any atom is -0.353 e. The average molecular weight is 1350 g/mol. The van der Waals surface area contributed by atoms with Crippen molar-refractivity contribution >= 4 is 88.5 Å². The highest BCUT2D eigenvalue weighted by atomic mass is 19.1. The highest BCUT2D eigenvalue weighted by molar-refractivity contribution is 6.26. The number of nitrogens with zero attached hydrogens (tertiary/aromatic N) is 9. The van der Waals surface area contributed by atoms with Crippen LogP contribution in [0.5, 0.6) is 0 Å². The molecule has 0 amide bonds. The Morgan fingerprint density at radius 1 is 0.352 bits per heavy atom. The van der Waals surface area contributed by atoms with E-state index in [2.05, 4.69) is 218 Å². The normalized spacial score (nSPS) is 11.5. The van der Waals surface area contributed by atoms with Crippen molar-refractivity contribution in [1.82, 2.24) is 38.6 Å². The Hall–Kier alpha value is -14.7. The molecule has 6 aromatic heterocycles. The maximum Gasteiger partial charge on any atom is 0.168 e. The minimum atomic E-state index is -0.448. The van der Waals surface area contributed by atoms with Gasteiger partial charge in [-0.15, -0.1) is 0 Å². The Balaban J connectivity index is 0.000000124. The molecule has 0 saturated heterocycles. The lowest BCUT2D eigenvalue weighted by Crippen LogP contribution is -1.99. The number of para-hydroxylation sites is 5. The van der Waals surface area contributed by atoms with Crippen molar-refractivity contribution < 1.29 is 4.39 Å². The zero-order chi connectivity index (χ0) is 70.3. The molecule has 0 bridgehead atoms. The van der Waals surface area contributed by atoms with Crippen LogP contribution in [0, 0.1) is 34.6 Å². The second-order valence-electron chi connectivity index (χ2n) is 25.6. The first-order chi connectivity index (χ1) is 51.9. The Bertz CT molecular complexity index is 6600. The van der Waals surface area contributed by atoms with Gasteiger partial charge in [-0.05, 0) is 109 Å². The summed E-state index contributed by atoms with van der Waals surface area (Å²) in [6.45, 7) is 0. The van der Waals surface area contributed by atoms with Gasteiger partial charge in [0.25, 0.3) is 0 Å². The fourth-order valence-electron chi connectivity index (χ4n) is 14.7. The molecular formula is C94H58FN10+. The van der Waals surface area contributed by atoms with E-state index < -0.39 is 5.82 Å². The molecule has 10 nitrogen and oxygen atoms in total. The van der Waals surface area contributed by atoms with Gasteiger partial charge in [-0.25, -0.2) is 24.3 Å². The molecule has 0 saturated carbocycles. The lowest BCUT2D eigenvalue weighted by Gasteiger charge is -2.13. The maximum atomic E-state index is 13.6. The Kier molecular flexibility index (Phi) is 15.9. The van der Waals surface area contributed by atoms with Gasteiger partial charge in [0, 0.05) is 94.4 Å². The first-order valence-corrected chi connectivity index (χ1v) is 34.6. The van der Waals surface area contributed by atoms with Crippen molar-refractivity contribution in [1.29, 1.82) is 10.5 Å². The van der Waals surface area contributed by atoms with Crippen LogP contribution in [0.25, 0.3) is 173 Å². The summed E-state index contributed by atoms with van der Waals surface area (Å²) in [6.07, 6.45) is 9.50. The van der Waals surface area contributed by atoms with Crippen molar-refractivity contribution in [3.8, 4) is 97.0 Å². The van der Waals surface area contributed by atoms with Crippen LogP contribution in [0.15, 0.2) is 334 Å². The fourth-order valence-corrected chi connectivity index (χ4v) is 14.7. The Morgan fingerprint density at radius 3 is 1.41 bits per heavy atom. The third kappa shape index (κ3) is 11.3. The fraction of sp³-hybridized carbons (Fsp3) is 0. The van der Waals surface area contributed by atoms with Gasteiger partial charge in [-0.2, -0.15) is 10.5 Å². The van der Waals surface area contributed by atoms with Gasteiger partial charge in [-0.1, -0.05) is 218 Å². The lowest BCUT2D eigenvalue weighted by atomic mass is 10.0. The van der Waals surface area contributed by atoms with Gasteiger partial charge in [-0.3, -0.25) is 4.57 Å². The molecule has 0 unspecified atom stereocenters. The summed E-state index contributed by atoms with van der Waals surface area (Å²) < 4.78 is 20.6. The first-order valence-electron chi connectivity index (χ1n) is 34.6. The van der Waals surface area contributed by atoms with Crippen molar-refractivity contribution in [2.45, 2.75) is 0 Å². The van der Waals surface area contributed by atoms with E-state index in [4.69, 9.17) is 15.0 Å². The van der Waals surface area contributed by atoms with Crippen LogP contribution >= 0.6 is 0 Å². The summed E-state index contributed by atoms with van der Waals surface area (Å²) in [5.74, 6) is 0.723. The monoisotopic (exact) mass is 1350 g/mol. The quantitative estimate of drug-likeness (QED) is 0.143. The molecule has 0 fully saturated rings. The molecule has 1 aliphatic rings. The van der Waals surface area contributed by atoms with E-state index in [1.165, 1.54) is 72.6 Å². The number of allylic oxidation sites excluding steroid dienone is 2. The molecule has 1 aliphatic carbocycles. The topological polar surface area (TPSA) is 130 Å². The van der Waals surface area contributed by atoms with E-state index in [0.29, 0.717) is 34.2 Å². The molecular weight excluding hydrogens is 1290 g/mol.